The second kappa shape index (κ2) is 8.16. The number of pyridine rings is 1. The molecule has 1 aromatic heterocycles. The van der Waals surface area contributed by atoms with Crippen LogP contribution >= 0.6 is 0 Å². The summed E-state index contributed by atoms with van der Waals surface area (Å²) >= 11 is 0. The number of benzene rings is 2. The summed E-state index contributed by atoms with van der Waals surface area (Å²) in [5.41, 5.74) is 1.52. The second-order valence-electron chi connectivity index (χ2n) is 6.73. The van der Waals surface area contributed by atoms with Gasteiger partial charge in [0.05, 0.1) is 11.1 Å². The molecule has 0 radical (unpaired) electrons. The molecule has 0 saturated heterocycles. The lowest BCUT2D eigenvalue weighted by Crippen LogP contribution is -2.17. The van der Waals surface area contributed by atoms with E-state index < -0.39 is 11.7 Å². The van der Waals surface area contributed by atoms with Crippen molar-refractivity contribution in [1.82, 2.24) is 10.3 Å². The standard InChI is InChI=1S/C21H20F3N3O2/c22-21(23,24)15-3-4-16-17(6-9-27-18(16)11-15)26-8-1-7-25-12-14-2-5-19-20(10-14)29-13-28-19/h2-6,9-11,25H,1,7-8,12-13H2,(H,26,27). The summed E-state index contributed by atoms with van der Waals surface area (Å²) in [6.45, 7) is 2.46. The molecule has 1 aliphatic heterocycles. The molecule has 4 rings (SSSR count). The van der Waals surface area contributed by atoms with Gasteiger partial charge in [-0.05, 0) is 48.9 Å². The van der Waals surface area contributed by atoms with Crippen LogP contribution in [0.15, 0.2) is 48.7 Å². The lowest BCUT2D eigenvalue weighted by Gasteiger charge is -2.12. The van der Waals surface area contributed by atoms with Crippen molar-refractivity contribution in [2.45, 2.75) is 19.1 Å². The Bertz CT molecular complexity index is 1010. The Morgan fingerprint density at radius 3 is 2.69 bits per heavy atom. The first-order valence-electron chi connectivity index (χ1n) is 9.30. The largest absolute Gasteiger partial charge is 0.454 e. The predicted octanol–water partition coefficient (Wildman–Crippen LogP) is 4.57. The van der Waals surface area contributed by atoms with E-state index in [9.17, 15) is 13.2 Å². The lowest BCUT2D eigenvalue weighted by atomic mass is 10.1. The molecule has 0 bridgehead atoms. The minimum atomic E-state index is -4.37. The number of aromatic nitrogens is 1. The molecule has 0 atom stereocenters. The van der Waals surface area contributed by atoms with Gasteiger partial charge in [-0.1, -0.05) is 12.1 Å². The van der Waals surface area contributed by atoms with Crippen LogP contribution in [0.2, 0.25) is 0 Å². The fourth-order valence-corrected chi connectivity index (χ4v) is 3.20. The number of anilines is 1. The zero-order chi connectivity index (χ0) is 20.3. The summed E-state index contributed by atoms with van der Waals surface area (Å²) in [4.78, 5) is 4.06. The van der Waals surface area contributed by atoms with Crippen molar-refractivity contribution in [3.05, 3.63) is 59.8 Å². The quantitative estimate of drug-likeness (QED) is 0.566. The minimum absolute atomic E-state index is 0.263. The second-order valence-corrected chi connectivity index (χ2v) is 6.73. The van der Waals surface area contributed by atoms with Crippen LogP contribution in [0.5, 0.6) is 11.5 Å². The number of ether oxygens (including phenoxy) is 2. The van der Waals surface area contributed by atoms with Crippen molar-refractivity contribution in [2.24, 2.45) is 0 Å². The normalized spacial score (nSPS) is 13.1. The highest BCUT2D eigenvalue weighted by Crippen LogP contribution is 2.33. The van der Waals surface area contributed by atoms with Crippen molar-refractivity contribution in [2.75, 3.05) is 25.2 Å². The highest BCUT2D eigenvalue weighted by Gasteiger charge is 2.30. The van der Waals surface area contributed by atoms with E-state index in [1.54, 1.807) is 6.07 Å². The van der Waals surface area contributed by atoms with Crippen LogP contribution in [0.3, 0.4) is 0 Å². The summed E-state index contributed by atoms with van der Waals surface area (Å²) in [7, 11) is 0. The summed E-state index contributed by atoms with van der Waals surface area (Å²) in [5.74, 6) is 1.54. The van der Waals surface area contributed by atoms with E-state index in [0.29, 0.717) is 17.4 Å². The summed E-state index contributed by atoms with van der Waals surface area (Å²) in [6, 6.07) is 11.3. The molecule has 8 heteroatoms. The zero-order valence-electron chi connectivity index (χ0n) is 15.6. The molecule has 1 aliphatic rings. The third kappa shape index (κ3) is 4.54. The van der Waals surface area contributed by atoms with Gasteiger partial charge in [-0.15, -0.1) is 0 Å². The van der Waals surface area contributed by atoms with Gasteiger partial charge in [-0.25, -0.2) is 0 Å². The molecule has 0 saturated carbocycles. The number of fused-ring (bicyclic) bond motifs is 2. The van der Waals surface area contributed by atoms with Gasteiger partial charge < -0.3 is 20.1 Å². The van der Waals surface area contributed by atoms with Crippen molar-refractivity contribution >= 4 is 16.6 Å². The molecule has 2 aromatic carbocycles. The van der Waals surface area contributed by atoms with Gasteiger partial charge in [0.2, 0.25) is 6.79 Å². The van der Waals surface area contributed by atoms with Crippen molar-refractivity contribution in [3.63, 3.8) is 0 Å². The third-order valence-corrected chi connectivity index (χ3v) is 4.68. The van der Waals surface area contributed by atoms with E-state index in [2.05, 4.69) is 15.6 Å². The number of hydrogen-bond acceptors (Lipinski definition) is 5. The number of hydrogen-bond donors (Lipinski definition) is 2. The van der Waals surface area contributed by atoms with Crippen LogP contribution in [0.1, 0.15) is 17.5 Å². The molecule has 0 fully saturated rings. The minimum Gasteiger partial charge on any atom is -0.454 e. The van der Waals surface area contributed by atoms with Crippen molar-refractivity contribution in [1.29, 1.82) is 0 Å². The topological polar surface area (TPSA) is 55.4 Å². The first-order chi connectivity index (χ1) is 14.0. The molecular formula is C21H20F3N3O2. The monoisotopic (exact) mass is 403 g/mol. The highest BCUT2D eigenvalue weighted by molar-refractivity contribution is 5.91. The summed E-state index contributed by atoms with van der Waals surface area (Å²) < 4.78 is 49.2. The van der Waals surface area contributed by atoms with E-state index in [1.807, 2.05) is 18.2 Å². The zero-order valence-corrected chi connectivity index (χ0v) is 15.6. The Hall–Kier alpha value is -3.00. The van der Waals surface area contributed by atoms with Gasteiger partial charge in [0, 0.05) is 30.4 Å². The van der Waals surface area contributed by atoms with E-state index in [-0.39, 0.29) is 6.79 Å². The Morgan fingerprint density at radius 2 is 1.83 bits per heavy atom. The molecule has 0 unspecified atom stereocenters. The smallest absolute Gasteiger partial charge is 0.416 e. The highest BCUT2D eigenvalue weighted by atomic mass is 19.4. The third-order valence-electron chi connectivity index (χ3n) is 4.68. The van der Waals surface area contributed by atoms with Crippen molar-refractivity contribution in [3.8, 4) is 11.5 Å². The van der Waals surface area contributed by atoms with Gasteiger partial charge in [0.1, 0.15) is 0 Å². The van der Waals surface area contributed by atoms with Gasteiger partial charge >= 0.3 is 6.18 Å². The Kier molecular flexibility index (Phi) is 5.44. The van der Waals surface area contributed by atoms with E-state index in [0.717, 1.165) is 54.4 Å². The van der Waals surface area contributed by atoms with Gasteiger partial charge in [-0.2, -0.15) is 13.2 Å². The molecular weight excluding hydrogens is 383 g/mol. The Morgan fingerprint density at radius 1 is 0.966 bits per heavy atom. The molecule has 0 spiro atoms. The average Bonchev–Trinajstić information content (AvgIpc) is 3.17. The molecule has 29 heavy (non-hydrogen) atoms. The Labute approximate surface area is 165 Å². The molecule has 3 aromatic rings. The fraction of sp³-hybridized carbons (Fsp3) is 0.286. The molecule has 5 nitrogen and oxygen atoms in total. The molecule has 0 amide bonds. The SMILES string of the molecule is FC(F)(F)c1ccc2c(NCCCNCc3ccc4c(c3)OCO4)ccnc2c1. The number of nitrogens with one attached hydrogen (secondary N) is 2. The fourth-order valence-electron chi connectivity index (χ4n) is 3.20. The number of nitrogens with zero attached hydrogens (tertiary/aromatic N) is 1. The van der Waals surface area contributed by atoms with E-state index in [4.69, 9.17) is 9.47 Å². The Balaban J connectivity index is 1.27. The molecule has 152 valence electrons. The van der Waals surface area contributed by atoms with Crippen LogP contribution in [0, 0.1) is 0 Å². The van der Waals surface area contributed by atoms with Gasteiger partial charge in [0.15, 0.2) is 11.5 Å². The molecule has 0 aliphatic carbocycles. The molecule has 2 heterocycles. The average molecular weight is 403 g/mol. The van der Waals surface area contributed by atoms with Gasteiger partial charge in [-0.3, -0.25) is 4.98 Å². The predicted molar refractivity (Wildman–Crippen MR) is 104 cm³/mol. The summed E-state index contributed by atoms with van der Waals surface area (Å²) in [6.07, 6.45) is -2.00. The van der Waals surface area contributed by atoms with Crippen LogP contribution < -0.4 is 20.1 Å². The number of rotatable bonds is 7. The maximum atomic E-state index is 12.9. The van der Waals surface area contributed by atoms with Crippen LogP contribution in [0.4, 0.5) is 18.9 Å². The van der Waals surface area contributed by atoms with Crippen LogP contribution in [0.25, 0.3) is 10.9 Å². The van der Waals surface area contributed by atoms with Crippen molar-refractivity contribution < 1.29 is 22.6 Å². The first-order valence-corrected chi connectivity index (χ1v) is 9.30. The summed E-state index contributed by atoms with van der Waals surface area (Å²) in [5, 5.41) is 7.32. The first kappa shape index (κ1) is 19.3. The maximum absolute atomic E-state index is 12.9. The van der Waals surface area contributed by atoms with Gasteiger partial charge in [0.25, 0.3) is 0 Å². The number of halogens is 3. The van der Waals surface area contributed by atoms with E-state index >= 15 is 0 Å². The maximum Gasteiger partial charge on any atom is 0.416 e. The molecule has 2 N–H and O–H groups in total. The number of alkyl halides is 3. The lowest BCUT2D eigenvalue weighted by molar-refractivity contribution is -0.137. The van der Waals surface area contributed by atoms with E-state index in [1.165, 1.54) is 12.3 Å². The van der Waals surface area contributed by atoms with Crippen LogP contribution in [-0.4, -0.2) is 24.9 Å². The van der Waals surface area contributed by atoms with Crippen LogP contribution in [-0.2, 0) is 12.7 Å².